The van der Waals surface area contributed by atoms with Gasteiger partial charge in [-0.05, 0) is 43.3 Å². The molecule has 1 N–H and O–H groups in total. The Hall–Kier alpha value is -3.63. The van der Waals surface area contributed by atoms with E-state index >= 15 is 0 Å². The van der Waals surface area contributed by atoms with Gasteiger partial charge in [-0.2, -0.15) is 18.3 Å². The van der Waals surface area contributed by atoms with Crippen LogP contribution >= 0.6 is 0 Å². The second kappa shape index (κ2) is 8.25. The Morgan fingerprint density at radius 3 is 2.32 bits per heavy atom. The molecule has 0 spiro atoms. The van der Waals surface area contributed by atoms with Crippen LogP contribution in [0.4, 0.5) is 29.5 Å². The van der Waals surface area contributed by atoms with Crippen molar-refractivity contribution in [2.75, 3.05) is 36.4 Å². The highest BCUT2D eigenvalue weighted by atomic mass is 19.4. The average molecular weight is 431 g/mol. The Balaban J connectivity index is 1.34. The fourth-order valence-corrected chi connectivity index (χ4v) is 3.27. The van der Waals surface area contributed by atoms with Crippen LogP contribution in [-0.2, 0) is 6.18 Å². The summed E-state index contributed by atoms with van der Waals surface area (Å²) in [4.78, 5) is 16.0. The molecule has 11 heteroatoms. The van der Waals surface area contributed by atoms with E-state index in [4.69, 9.17) is 0 Å². The Morgan fingerprint density at radius 1 is 1.00 bits per heavy atom. The summed E-state index contributed by atoms with van der Waals surface area (Å²) >= 11 is 0. The largest absolute Gasteiger partial charge is 0.416 e. The fourth-order valence-electron chi connectivity index (χ4n) is 3.27. The molecule has 2 amide bonds. The number of nitrogens with zero attached hydrogens (tertiary/aromatic N) is 6. The third-order valence-corrected chi connectivity index (χ3v) is 4.93. The highest BCUT2D eigenvalue weighted by molar-refractivity contribution is 5.89. The van der Waals surface area contributed by atoms with Gasteiger partial charge in [0.15, 0.2) is 11.6 Å². The van der Waals surface area contributed by atoms with Crippen molar-refractivity contribution in [1.82, 2.24) is 24.9 Å². The molecule has 0 radical (unpaired) electrons. The Kier molecular flexibility index (Phi) is 5.49. The zero-order valence-electron chi connectivity index (χ0n) is 16.7. The maximum atomic E-state index is 12.8. The lowest BCUT2D eigenvalue weighted by atomic mass is 10.2. The van der Waals surface area contributed by atoms with Crippen LogP contribution in [0.3, 0.4) is 0 Å². The molecule has 0 aliphatic carbocycles. The number of anilines is 2. The van der Waals surface area contributed by atoms with Crippen LogP contribution in [0.25, 0.3) is 5.82 Å². The van der Waals surface area contributed by atoms with Crippen molar-refractivity contribution in [2.24, 2.45) is 0 Å². The first-order valence-electron chi connectivity index (χ1n) is 9.64. The van der Waals surface area contributed by atoms with Crippen LogP contribution in [0.15, 0.2) is 48.7 Å². The van der Waals surface area contributed by atoms with Gasteiger partial charge in [-0.15, -0.1) is 10.2 Å². The first-order chi connectivity index (χ1) is 14.8. The van der Waals surface area contributed by atoms with Crippen molar-refractivity contribution in [3.05, 3.63) is 59.9 Å². The molecule has 162 valence electrons. The van der Waals surface area contributed by atoms with Crippen LogP contribution in [0, 0.1) is 6.92 Å². The molecule has 1 aliphatic rings. The predicted octanol–water partition coefficient (Wildman–Crippen LogP) is 3.34. The lowest BCUT2D eigenvalue weighted by Crippen LogP contribution is -2.50. The number of amides is 2. The van der Waals surface area contributed by atoms with Gasteiger partial charge in [0, 0.05) is 38.1 Å². The number of hydrogen-bond donors (Lipinski definition) is 1. The Bertz CT molecular complexity index is 1060. The molecule has 31 heavy (non-hydrogen) atoms. The van der Waals surface area contributed by atoms with Gasteiger partial charge in [-0.3, -0.25) is 0 Å². The summed E-state index contributed by atoms with van der Waals surface area (Å²) in [5, 5.41) is 15.3. The molecule has 0 saturated carbocycles. The summed E-state index contributed by atoms with van der Waals surface area (Å²) in [5.74, 6) is 1.29. The van der Waals surface area contributed by atoms with Crippen LogP contribution in [0.1, 0.15) is 11.3 Å². The van der Waals surface area contributed by atoms with Crippen LogP contribution in [-0.4, -0.2) is 57.1 Å². The van der Waals surface area contributed by atoms with Crippen molar-refractivity contribution in [3.63, 3.8) is 0 Å². The Labute approximate surface area is 176 Å². The van der Waals surface area contributed by atoms with Gasteiger partial charge in [-0.1, -0.05) is 6.07 Å². The number of aryl methyl sites for hydroxylation is 1. The highest BCUT2D eigenvalue weighted by Crippen LogP contribution is 2.30. The maximum Gasteiger partial charge on any atom is 0.416 e. The molecule has 0 bridgehead atoms. The third-order valence-electron chi connectivity index (χ3n) is 4.93. The molecular weight excluding hydrogens is 411 g/mol. The van der Waals surface area contributed by atoms with Crippen molar-refractivity contribution in [1.29, 1.82) is 0 Å². The predicted molar refractivity (Wildman–Crippen MR) is 108 cm³/mol. The molecule has 8 nitrogen and oxygen atoms in total. The summed E-state index contributed by atoms with van der Waals surface area (Å²) in [7, 11) is 0. The summed E-state index contributed by atoms with van der Waals surface area (Å²) in [6.45, 7) is 3.77. The quantitative estimate of drug-likeness (QED) is 0.688. The van der Waals surface area contributed by atoms with Gasteiger partial charge in [-0.25, -0.2) is 9.48 Å². The van der Waals surface area contributed by atoms with E-state index in [1.807, 2.05) is 30.0 Å². The minimum absolute atomic E-state index is 0.109. The number of benzene rings is 1. The summed E-state index contributed by atoms with van der Waals surface area (Å²) in [5.41, 5.74) is 0.186. The standard InChI is InChI=1S/C20H20F3N7O/c1-14-7-8-30(27-14)18-6-5-17(25-26-18)28-9-11-29(12-10-28)19(31)24-16-4-2-3-15(13-16)20(21,22)23/h2-8,13H,9-12H2,1H3,(H,24,31). The lowest BCUT2D eigenvalue weighted by Gasteiger charge is -2.35. The Morgan fingerprint density at radius 2 is 1.71 bits per heavy atom. The maximum absolute atomic E-state index is 12.8. The number of urea groups is 1. The van der Waals surface area contributed by atoms with Crippen molar-refractivity contribution >= 4 is 17.5 Å². The number of nitrogens with one attached hydrogen (secondary N) is 1. The van der Waals surface area contributed by atoms with E-state index < -0.39 is 17.8 Å². The molecule has 1 saturated heterocycles. The van der Waals surface area contributed by atoms with Crippen LogP contribution in [0.5, 0.6) is 0 Å². The molecule has 4 rings (SSSR count). The van der Waals surface area contributed by atoms with Gasteiger partial charge in [0.25, 0.3) is 0 Å². The minimum atomic E-state index is -4.46. The number of hydrogen-bond acceptors (Lipinski definition) is 5. The van der Waals surface area contributed by atoms with Crippen molar-refractivity contribution in [3.8, 4) is 5.82 Å². The van der Waals surface area contributed by atoms with Crippen molar-refractivity contribution in [2.45, 2.75) is 13.1 Å². The van der Waals surface area contributed by atoms with E-state index in [-0.39, 0.29) is 5.69 Å². The van der Waals surface area contributed by atoms with E-state index in [2.05, 4.69) is 20.6 Å². The zero-order valence-corrected chi connectivity index (χ0v) is 16.7. The first kappa shape index (κ1) is 20.6. The number of rotatable bonds is 3. The first-order valence-corrected chi connectivity index (χ1v) is 9.64. The summed E-state index contributed by atoms with van der Waals surface area (Å²) in [6.07, 6.45) is -2.65. The number of alkyl halides is 3. The number of carbonyl (C=O) groups is 1. The molecule has 2 aromatic heterocycles. The SMILES string of the molecule is Cc1ccn(-c2ccc(N3CCN(C(=O)Nc4cccc(C(F)(F)F)c4)CC3)nn2)n1. The minimum Gasteiger partial charge on any atom is -0.352 e. The number of halogens is 3. The molecule has 0 unspecified atom stereocenters. The van der Waals surface area contributed by atoms with Crippen LogP contribution in [0.2, 0.25) is 0 Å². The number of piperazine rings is 1. The third kappa shape index (κ3) is 4.76. The van der Waals surface area contributed by atoms with Gasteiger partial charge < -0.3 is 15.1 Å². The summed E-state index contributed by atoms with van der Waals surface area (Å²) < 4.78 is 40.2. The van der Waals surface area contributed by atoms with Gasteiger partial charge in [0.1, 0.15) is 0 Å². The van der Waals surface area contributed by atoms with Gasteiger partial charge >= 0.3 is 12.2 Å². The second-order valence-corrected chi connectivity index (χ2v) is 7.13. The van der Waals surface area contributed by atoms with E-state index in [0.29, 0.717) is 37.8 Å². The molecular formula is C20H20F3N7O. The van der Waals surface area contributed by atoms with Crippen LogP contribution < -0.4 is 10.2 Å². The number of carbonyl (C=O) groups excluding carboxylic acids is 1. The highest BCUT2D eigenvalue weighted by Gasteiger charge is 2.30. The second-order valence-electron chi connectivity index (χ2n) is 7.13. The normalized spacial score (nSPS) is 14.6. The lowest BCUT2D eigenvalue weighted by molar-refractivity contribution is -0.137. The molecule has 0 atom stereocenters. The van der Waals surface area contributed by atoms with E-state index in [9.17, 15) is 18.0 Å². The molecule has 3 aromatic rings. The monoisotopic (exact) mass is 431 g/mol. The topological polar surface area (TPSA) is 79.2 Å². The smallest absolute Gasteiger partial charge is 0.352 e. The van der Waals surface area contributed by atoms with E-state index in [1.165, 1.54) is 12.1 Å². The molecule has 1 aliphatic heterocycles. The van der Waals surface area contributed by atoms with Gasteiger partial charge in [0.2, 0.25) is 0 Å². The van der Waals surface area contributed by atoms with E-state index in [0.717, 1.165) is 17.8 Å². The van der Waals surface area contributed by atoms with Crippen molar-refractivity contribution < 1.29 is 18.0 Å². The molecule has 3 heterocycles. The van der Waals surface area contributed by atoms with E-state index in [1.54, 1.807) is 15.8 Å². The zero-order chi connectivity index (χ0) is 22.0. The summed E-state index contributed by atoms with van der Waals surface area (Å²) in [6, 6.07) is 9.69. The van der Waals surface area contributed by atoms with Gasteiger partial charge in [0.05, 0.1) is 11.3 Å². The molecule has 1 fully saturated rings. The molecule has 1 aromatic carbocycles. The number of aromatic nitrogens is 4. The fraction of sp³-hybridized carbons (Fsp3) is 0.300. The average Bonchev–Trinajstić information content (AvgIpc) is 3.20.